The highest BCUT2D eigenvalue weighted by Crippen LogP contribution is 2.27. The molecule has 1 rings (SSSR count). The van der Waals surface area contributed by atoms with Gasteiger partial charge in [0.15, 0.2) is 5.44 Å². The maximum atomic E-state index is 11.9. The smallest absolute Gasteiger partial charge is 0.304 e. The van der Waals surface area contributed by atoms with E-state index >= 15 is 0 Å². The largest absolute Gasteiger partial charge is 0.435 e. The number of thioether (sulfide) groups is 1. The fourth-order valence-corrected chi connectivity index (χ4v) is 2.42. The highest BCUT2D eigenvalue weighted by molar-refractivity contribution is 8.00. The van der Waals surface area contributed by atoms with Crippen LogP contribution in [-0.2, 0) is 19.1 Å². The molecule has 0 radical (unpaired) electrons. The molecule has 1 fully saturated rings. The van der Waals surface area contributed by atoms with Crippen LogP contribution in [-0.4, -0.2) is 47.3 Å². The maximum absolute atomic E-state index is 11.9. The topological polar surface area (TPSA) is 55.8 Å². The van der Waals surface area contributed by atoms with Gasteiger partial charge in [-0.2, -0.15) is 0 Å². The zero-order chi connectivity index (χ0) is 12.1. The van der Waals surface area contributed by atoms with Crippen LogP contribution < -0.4 is 0 Å². The molecule has 1 heterocycles. The van der Waals surface area contributed by atoms with Crippen molar-refractivity contribution in [2.75, 3.05) is 18.8 Å². The average Bonchev–Trinajstić information content (AvgIpc) is 2.67. The minimum atomic E-state index is -0.591. The minimum Gasteiger partial charge on any atom is -0.435 e. The zero-order valence-corrected chi connectivity index (χ0v) is 10.6. The predicted octanol–water partition coefficient (Wildman–Crippen LogP) is 0.833. The van der Waals surface area contributed by atoms with Gasteiger partial charge in [-0.15, -0.1) is 11.8 Å². The first-order chi connectivity index (χ1) is 7.58. The summed E-state index contributed by atoms with van der Waals surface area (Å²) in [6, 6.07) is 0. The molecule has 0 N–H and O–H groups in total. The van der Waals surface area contributed by atoms with Crippen LogP contribution in [0.15, 0.2) is 0 Å². The molecule has 2 unspecified atom stereocenters. The van der Waals surface area contributed by atoms with E-state index in [-0.39, 0.29) is 11.9 Å². The summed E-state index contributed by atoms with van der Waals surface area (Å²) in [5.74, 6) is 0.0725. The summed E-state index contributed by atoms with van der Waals surface area (Å²) in [5, 5.41) is 0. The van der Waals surface area contributed by atoms with Crippen LogP contribution in [0.25, 0.3) is 0 Å². The van der Waals surface area contributed by atoms with Gasteiger partial charge in [0, 0.05) is 20.0 Å². The number of carbonyl (C=O) groups is 2. The van der Waals surface area contributed by atoms with E-state index in [0.717, 1.165) is 0 Å². The third kappa shape index (κ3) is 3.38. The summed E-state index contributed by atoms with van der Waals surface area (Å²) < 4.78 is 10.2. The summed E-state index contributed by atoms with van der Waals surface area (Å²) >= 11 is 1.37. The molecule has 5 nitrogen and oxygen atoms in total. The summed E-state index contributed by atoms with van der Waals surface area (Å²) in [4.78, 5) is 24.3. The molecule has 0 bridgehead atoms. The number of hydrogen-bond acceptors (Lipinski definition) is 5. The van der Waals surface area contributed by atoms with Crippen molar-refractivity contribution in [2.24, 2.45) is 0 Å². The van der Waals surface area contributed by atoms with Crippen LogP contribution in [0, 0.1) is 0 Å². The van der Waals surface area contributed by atoms with Crippen molar-refractivity contribution in [1.29, 1.82) is 0 Å². The first kappa shape index (κ1) is 13.3. The van der Waals surface area contributed by atoms with Crippen molar-refractivity contribution >= 4 is 23.6 Å². The highest BCUT2D eigenvalue weighted by atomic mass is 32.2. The molecule has 1 amide bonds. The molecule has 0 aromatic rings. The van der Waals surface area contributed by atoms with E-state index in [0.29, 0.717) is 18.8 Å². The molecule has 1 saturated heterocycles. The van der Waals surface area contributed by atoms with E-state index in [4.69, 9.17) is 9.47 Å². The number of esters is 1. The number of likely N-dealkylation sites (N-methyl/N-ethyl adjacent to an activating group) is 1. The van der Waals surface area contributed by atoms with Crippen molar-refractivity contribution in [3.63, 3.8) is 0 Å². The van der Waals surface area contributed by atoms with Gasteiger partial charge in [0.1, 0.15) is 0 Å². The molecule has 0 spiro atoms. The van der Waals surface area contributed by atoms with Gasteiger partial charge in [-0.25, -0.2) is 0 Å². The molecule has 92 valence electrons. The average molecular weight is 247 g/mol. The Labute approximate surface area is 99.5 Å². The monoisotopic (exact) mass is 247 g/mol. The van der Waals surface area contributed by atoms with E-state index in [9.17, 15) is 9.59 Å². The van der Waals surface area contributed by atoms with Gasteiger partial charge < -0.3 is 14.4 Å². The standard InChI is InChI=1S/C10H17NO4S/c1-4-11(5-2)9(13)10-15-8(6-16-10)14-7(3)12/h8,10H,4-6H2,1-3H3. The molecule has 6 heteroatoms. The molecule has 2 atom stereocenters. The molecule has 1 aliphatic rings. The van der Waals surface area contributed by atoms with E-state index in [1.165, 1.54) is 18.7 Å². The van der Waals surface area contributed by atoms with Gasteiger partial charge in [-0.05, 0) is 13.8 Å². The van der Waals surface area contributed by atoms with Gasteiger partial charge >= 0.3 is 5.97 Å². The third-order valence-electron chi connectivity index (χ3n) is 2.23. The van der Waals surface area contributed by atoms with Gasteiger partial charge in [0.2, 0.25) is 6.29 Å². The Kier molecular flexibility index (Phi) is 5.08. The first-order valence-electron chi connectivity index (χ1n) is 5.31. The molecule has 0 aliphatic carbocycles. The lowest BCUT2D eigenvalue weighted by atomic mass is 10.4. The molecule has 16 heavy (non-hydrogen) atoms. The highest BCUT2D eigenvalue weighted by Gasteiger charge is 2.34. The van der Waals surface area contributed by atoms with E-state index < -0.39 is 11.7 Å². The number of hydrogen-bond donors (Lipinski definition) is 0. The second-order valence-corrected chi connectivity index (χ2v) is 4.45. The summed E-state index contributed by atoms with van der Waals surface area (Å²) in [7, 11) is 0. The third-order valence-corrected chi connectivity index (χ3v) is 3.31. The number of ether oxygens (including phenoxy) is 2. The molecule has 0 saturated carbocycles. The van der Waals surface area contributed by atoms with Crippen LogP contribution >= 0.6 is 11.8 Å². The van der Waals surface area contributed by atoms with Gasteiger partial charge in [-0.3, -0.25) is 9.59 Å². The van der Waals surface area contributed by atoms with E-state index in [2.05, 4.69) is 0 Å². The van der Waals surface area contributed by atoms with Crippen LogP contribution in [0.2, 0.25) is 0 Å². The van der Waals surface area contributed by atoms with Crippen molar-refractivity contribution in [3.05, 3.63) is 0 Å². The SMILES string of the molecule is CCN(CC)C(=O)C1OC(OC(C)=O)CS1. The predicted molar refractivity (Wildman–Crippen MR) is 60.8 cm³/mol. The normalized spacial score (nSPS) is 24.2. The quantitative estimate of drug-likeness (QED) is 0.689. The lowest BCUT2D eigenvalue weighted by molar-refractivity contribution is -0.175. The zero-order valence-electron chi connectivity index (χ0n) is 9.76. The number of nitrogens with zero attached hydrogens (tertiary/aromatic N) is 1. The van der Waals surface area contributed by atoms with E-state index in [1.807, 2.05) is 13.8 Å². The summed E-state index contributed by atoms with van der Waals surface area (Å²) in [6.07, 6.45) is -0.591. The second-order valence-electron chi connectivity index (χ2n) is 3.35. The van der Waals surface area contributed by atoms with Crippen LogP contribution in [0.5, 0.6) is 0 Å². The lowest BCUT2D eigenvalue weighted by Gasteiger charge is -2.21. The number of amides is 1. The Hall–Kier alpha value is -0.750. The number of carbonyl (C=O) groups excluding carboxylic acids is 2. The molecule has 0 aromatic carbocycles. The van der Waals surface area contributed by atoms with Crippen LogP contribution in [0.1, 0.15) is 20.8 Å². The van der Waals surface area contributed by atoms with Gasteiger partial charge in [-0.1, -0.05) is 0 Å². The Bertz CT molecular complexity index is 268. The maximum Gasteiger partial charge on any atom is 0.304 e. The Morgan fingerprint density at radius 3 is 2.56 bits per heavy atom. The molecular formula is C10H17NO4S. The molecular weight excluding hydrogens is 230 g/mol. The summed E-state index contributed by atoms with van der Waals surface area (Å²) in [5.41, 5.74) is -0.538. The van der Waals surface area contributed by atoms with Crippen LogP contribution in [0.3, 0.4) is 0 Å². The van der Waals surface area contributed by atoms with Gasteiger partial charge in [0.05, 0.1) is 5.75 Å². The Balaban J connectivity index is 2.46. The van der Waals surface area contributed by atoms with Crippen molar-refractivity contribution < 1.29 is 19.1 Å². The Morgan fingerprint density at radius 2 is 2.06 bits per heavy atom. The van der Waals surface area contributed by atoms with Crippen molar-refractivity contribution in [3.8, 4) is 0 Å². The Morgan fingerprint density at radius 1 is 1.44 bits per heavy atom. The lowest BCUT2D eigenvalue weighted by Crippen LogP contribution is -2.38. The van der Waals surface area contributed by atoms with Crippen molar-refractivity contribution in [1.82, 2.24) is 4.90 Å². The minimum absolute atomic E-state index is 0.0512. The molecule has 0 aromatic heterocycles. The fraction of sp³-hybridized carbons (Fsp3) is 0.800. The summed E-state index contributed by atoms with van der Waals surface area (Å²) in [6.45, 7) is 6.49. The second kappa shape index (κ2) is 6.10. The first-order valence-corrected chi connectivity index (χ1v) is 6.36. The van der Waals surface area contributed by atoms with E-state index in [1.54, 1.807) is 4.90 Å². The fourth-order valence-electron chi connectivity index (χ4n) is 1.44. The van der Waals surface area contributed by atoms with Gasteiger partial charge in [0.25, 0.3) is 5.91 Å². The molecule has 1 aliphatic heterocycles. The number of rotatable bonds is 4. The van der Waals surface area contributed by atoms with Crippen LogP contribution in [0.4, 0.5) is 0 Å². The van der Waals surface area contributed by atoms with Crippen molar-refractivity contribution in [2.45, 2.75) is 32.5 Å².